The van der Waals surface area contributed by atoms with E-state index in [9.17, 15) is 0 Å². The van der Waals surface area contributed by atoms with E-state index in [0.717, 1.165) is 0 Å². The molecule has 0 aromatic rings. The Balaban J connectivity index is 1.88. The fourth-order valence-electron chi connectivity index (χ4n) is 2.75. The summed E-state index contributed by atoms with van der Waals surface area (Å²) in [5, 5.41) is 0. The molecule has 3 heterocycles. The van der Waals surface area contributed by atoms with Crippen LogP contribution in [0.2, 0.25) is 0 Å². The van der Waals surface area contributed by atoms with Crippen molar-refractivity contribution < 1.29 is 0 Å². The summed E-state index contributed by atoms with van der Waals surface area (Å²) in [4.78, 5) is 4.95. The van der Waals surface area contributed by atoms with Crippen molar-refractivity contribution in [3.05, 3.63) is 48.9 Å². The average molecular weight is 214 g/mol. The van der Waals surface area contributed by atoms with Gasteiger partial charge in [-0.15, -0.1) is 0 Å². The van der Waals surface area contributed by atoms with Gasteiger partial charge < -0.3 is 9.80 Å². The van der Waals surface area contributed by atoms with Crippen molar-refractivity contribution >= 4 is 0 Å². The predicted octanol–water partition coefficient (Wildman–Crippen LogP) is 2.29. The van der Waals surface area contributed by atoms with Gasteiger partial charge in [0.15, 0.2) is 0 Å². The Hall–Kier alpha value is -1.44. The molecular weight excluding hydrogens is 196 g/mol. The van der Waals surface area contributed by atoms with Gasteiger partial charge in [0, 0.05) is 13.1 Å². The van der Waals surface area contributed by atoms with Crippen LogP contribution in [0.1, 0.15) is 12.8 Å². The molecule has 2 atom stereocenters. The molecule has 16 heavy (non-hydrogen) atoms. The van der Waals surface area contributed by atoms with E-state index >= 15 is 0 Å². The maximum Gasteiger partial charge on any atom is 0.0710 e. The Morgan fingerprint density at radius 3 is 1.69 bits per heavy atom. The Kier molecular flexibility index (Phi) is 2.56. The lowest BCUT2D eigenvalue weighted by atomic mass is 9.98. The highest BCUT2D eigenvalue weighted by Gasteiger charge is 2.28. The van der Waals surface area contributed by atoms with Gasteiger partial charge in [-0.3, -0.25) is 0 Å². The van der Waals surface area contributed by atoms with Crippen LogP contribution in [0.4, 0.5) is 0 Å². The standard InChI is InChI=1S/C14H18N2/c1-3-9-15-11-5-6-12-16-10-4-2-8-14(16)13(15)7-1/h1-4,7-10,13-14H,5-6,11-12H2/t13-,14-/m0/s1. The summed E-state index contributed by atoms with van der Waals surface area (Å²) in [6.07, 6.45) is 20.3. The molecule has 2 nitrogen and oxygen atoms in total. The minimum atomic E-state index is 0.506. The van der Waals surface area contributed by atoms with Gasteiger partial charge in [-0.05, 0) is 37.4 Å². The Morgan fingerprint density at radius 2 is 1.19 bits per heavy atom. The van der Waals surface area contributed by atoms with Gasteiger partial charge in [-0.25, -0.2) is 0 Å². The molecule has 3 rings (SSSR count). The highest BCUT2D eigenvalue weighted by molar-refractivity contribution is 5.24. The molecule has 0 amide bonds. The minimum absolute atomic E-state index is 0.506. The molecule has 3 aliphatic rings. The van der Waals surface area contributed by atoms with E-state index in [4.69, 9.17) is 0 Å². The third kappa shape index (κ3) is 1.69. The lowest BCUT2D eigenvalue weighted by molar-refractivity contribution is 0.171. The van der Waals surface area contributed by atoms with Crippen LogP contribution in [0.3, 0.4) is 0 Å². The molecule has 0 aromatic heterocycles. The van der Waals surface area contributed by atoms with Gasteiger partial charge in [0.05, 0.1) is 12.1 Å². The van der Waals surface area contributed by atoms with Crippen molar-refractivity contribution in [2.24, 2.45) is 0 Å². The second kappa shape index (κ2) is 4.20. The van der Waals surface area contributed by atoms with Gasteiger partial charge in [-0.1, -0.05) is 24.3 Å². The third-order valence-corrected chi connectivity index (χ3v) is 3.59. The zero-order valence-corrected chi connectivity index (χ0v) is 9.50. The first kappa shape index (κ1) is 9.76. The van der Waals surface area contributed by atoms with E-state index in [0.29, 0.717) is 12.1 Å². The van der Waals surface area contributed by atoms with Crippen molar-refractivity contribution in [3.8, 4) is 0 Å². The number of nitrogens with zero attached hydrogens (tertiary/aromatic N) is 2. The van der Waals surface area contributed by atoms with Crippen LogP contribution < -0.4 is 0 Å². The smallest absolute Gasteiger partial charge is 0.0710 e. The Labute approximate surface area is 97.2 Å². The zero-order valence-electron chi connectivity index (χ0n) is 9.50. The van der Waals surface area contributed by atoms with Crippen LogP contribution in [0.25, 0.3) is 0 Å². The summed E-state index contributed by atoms with van der Waals surface area (Å²) in [5.74, 6) is 0. The van der Waals surface area contributed by atoms with Gasteiger partial charge in [0.1, 0.15) is 0 Å². The van der Waals surface area contributed by atoms with Crippen molar-refractivity contribution in [1.29, 1.82) is 0 Å². The third-order valence-electron chi connectivity index (χ3n) is 3.59. The lowest BCUT2D eigenvalue weighted by Crippen LogP contribution is -2.49. The SMILES string of the molecule is C1=C[C@H]2[C@@H]3C=CC=CN3CCCCN2C=C1. The number of hydrogen-bond donors (Lipinski definition) is 0. The number of hydrogen-bond acceptors (Lipinski definition) is 2. The van der Waals surface area contributed by atoms with Gasteiger partial charge >= 0.3 is 0 Å². The molecule has 1 saturated heterocycles. The molecule has 0 unspecified atom stereocenters. The van der Waals surface area contributed by atoms with Gasteiger partial charge in [0.25, 0.3) is 0 Å². The monoisotopic (exact) mass is 214 g/mol. The first-order valence-electron chi connectivity index (χ1n) is 6.17. The molecule has 0 saturated carbocycles. The summed E-state index contributed by atoms with van der Waals surface area (Å²) >= 11 is 0. The minimum Gasteiger partial charge on any atom is -0.369 e. The number of allylic oxidation sites excluding steroid dienone is 4. The van der Waals surface area contributed by atoms with E-state index < -0.39 is 0 Å². The maximum absolute atomic E-state index is 2.47. The van der Waals surface area contributed by atoms with Crippen molar-refractivity contribution in [1.82, 2.24) is 9.80 Å². The van der Waals surface area contributed by atoms with E-state index in [1.165, 1.54) is 25.9 Å². The van der Waals surface area contributed by atoms with Crippen molar-refractivity contribution in [2.75, 3.05) is 13.1 Å². The first-order chi connectivity index (χ1) is 7.95. The van der Waals surface area contributed by atoms with E-state index in [1.54, 1.807) is 0 Å². The van der Waals surface area contributed by atoms with Gasteiger partial charge in [0.2, 0.25) is 0 Å². The average Bonchev–Trinajstić information content (AvgIpc) is 2.33. The highest BCUT2D eigenvalue weighted by atomic mass is 15.2. The molecule has 0 bridgehead atoms. The Bertz CT molecular complexity index is 329. The van der Waals surface area contributed by atoms with Crippen molar-refractivity contribution in [2.45, 2.75) is 24.9 Å². The number of rotatable bonds is 0. The Morgan fingerprint density at radius 1 is 0.688 bits per heavy atom. The predicted molar refractivity (Wildman–Crippen MR) is 66.8 cm³/mol. The second-order valence-electron chi connectivity index (χ2n) is 4.62. The molecular formula is C14H18N2. The molecule has 0 spiro atoms. The fraction of sp³-hybridized carbons (Fsp3) is 0.429. The molecule has 1 fully saturated rings. The summed E-state index contributed by atoms with van der Waals surface area (Å²) in [7, 11) is 0. The van der Waals surface area contributed by atoms with Crippen LogP contribution in [-0.2, 0) is 0 Å². The van der Waals surface area contributed by atoms with Crippen molar-refractivity contribution in [3.63, 3.8) is 0 Å². The summed E-state index contributed by atoms with van der Waals surface area (Å²) in [5.41, 5.74) is 0. The summed E-state index contributed by atoms with van der Waals surface area (Å²) < 4.78 is 0. The zero-order chi connectivity index (χ0) is 10.8. The molecule has 0 aromatic carbocycles. The topological polar surface area (TPSA) is 6.48 Å². The van der Waals surface area contributed by atoms with E-state index in [-0.39, 0.29) is 0 Å². The normalized spacial score (nSPS) is 32.0. The molecule has 2 heteroatoms. The van der Waals surface area contributed by atoms with Crippen LogP contribution in [-0.4, -0.2) is 35.0 Å². The quantitative estimate of drug-likeness (QED) is 0.610. The molecule has 0 N–H and O–H groups in total. The lowest BCUT2D eigenvalue weighted by Gasteiger charge is -2.43. The number of fused-ring (bicyclic) bond motifs is 3. The first-order valence-corrected chi connectivity index (χ1v) is 6.17. The van der Waals surface area contributed by atoms with E-state index in [1.807, 2.05) is 0 Å². The molecule has 0 aliphatic carbocycles. The van der Waals surface area contributed by atoms with Gasteiger partial charge in [-0.2, -0.15) is 0 Å². The fourth-order valence-corrected chi connectivity index (χ4v) is 2.75. The summed E-state index contributed by atoms with van der Waals surface area (Å²) in [6, 6.07) is 1.01. The van der Waals surface area contributed by atoms with Crippen LogP contribution in [0.5, 0.6) is 0 Å². The highest BCUT2D eigenvalue weighted by Crippen LogP contribution is 2.23. The maximum atomic E-state index is 2.47. The van der Waals surface area contributed by atoms with Crippen LogP contribution >= 0.6 is 0 Å². The van der Waals surface area contributed by atoms with E-state index in [2.05, 4.69) is 58.7 Å². The summed E-state index contributed by atoms with van der Waals surface area (Å²) in [6.45, 7) is 2.38. The second-order valence-corrected chi connectivity index (χ2v) is 4.62. The molecule has 84 valence electrons. The largest absolute Gasteiger partial charge is 0.369 e. The molecule has 0 radical (unpaired) electrons. The van der Waals surface area contributed by atoms with Crippen LogP contribution in [0.15, 0.2) is 48.9 Å². The van der Waals surface area contributed by atoms with Crippen LogP contribution in [0, 0.1) is 0 Å². The molecule has 3 aliphatic heterocycles.